The molecule has 18 heavy (non-hydrogen) atoms. The van der Waals surface area contributed by atoms with Gasteiger partial charge in [-0.1, -0.05) is 11.8 Å². The van der Waals surface area contributed by atoms with Gasteiger partial charge in [-0.3, -0.25) is 9.63 Å². The molecule has 0 spiro atoms. The van der Waals surface area contributed by atoms with E-state index >= 15 is 0 Å². The number of aromatic nitrogens is 4. The van der Waals surface area contributed by atoms with E-state index < -0.39 is 0 Å². The van der Waals surface area contributed by atoms with E-state index in [-0.39, 0.29) is 11.7 Å². The number of nitrogens with one attached hydrogen (secondary N) is 1. The molecule has 8 nitrogen and oxygen atoms in total. The summed E-state index contributed by atoms with van der Waals surface area (Å²) in [5.74, 6) is 0.00142. The van der Waals surface area contributed by atoms with Gasteiger partial charge in [0.1, 0.15) is 0 Å². The Kier molecular flexibility index (Phi) is 4.90. The Bertz CT molecular complexity index is 395. The van der Waals surface area contributed by atoms with Gasteiger partial charge in [0.15, 0.2) is 0 Å². The first-order valence-corrected chi connectivity index (χ1v) is 6.60. The van der Waals surface area contributed by atoms with Crippen LogP contribution in [-0.2, 0) is 14.4 Å². The first-order valence-electron chi connectivity index (χ1n) is 5.61. The third-order valence-corrected chi connectivity index (χ3v) is 3.20. The molecular weight excluding hydrogens is 258 g/mol. The number of ether oxygens (including phenoxy) is 1. The maximum absolute atomic E-state index is 11.4. The maximum atomic E-state index is 11.4. The van der Waals surface area contributed by atoms with Crippen molar-refractivity contribution >= 4 is 17.7 Å². The summed E-state index contributed by atoms with van der Waals surface area (Å²) in [4.78, 5) is 16.3. The highest BCUT2D eigenvalue weighted by molar-refractivity contribution is 7.99. The summed E-state index contributed by atoms with van der Waals surface area (Å²) >= 11 is 1.30. The summed E-state index contributed by atoms with van der Waals surface area (Å²) in [6.45, 7) is 0.764. The van der Waals surface area contributed by atoms with E-state index in [9.17, 15) is 4.79 Å². The van der Waals surface area contributed by atoms with E-state index in [0.717, 1.165) is 12.8 Å². The number of carbonyl (C=O) groups is 1. The van der Waals surface area contributed by atoms with Gasteiger partial charge in [0, 0.05) is 7.11 Å². The number of nitrogens with zero attached hydrogens (tertiary/aromatic N) is 4. The molecule has 1 saturated carbocycles. The molecule has 1 aliphatic carbocycles. The Hall–Kier alpha value is -1.19. The first-order chi connectivity index (χ1) is 8.81. The molecule has 1 aliphatic rings. The molecule has 0 aromatic carbocycles. The fourth-order valence-corrected chi connectivity index (χ4v) is 1.98. The van der Waals surface area contributed by atoms with E-state index in [1.165, 1.54) is 11.8 Å². The standard InChI is InChI=1S/C9H15N5O3S/c1-16-4-5-17-11-8(15)6-18-9-10-12-13-14(9)7-2-3-7/h7H,2-6H2,1H3,(H,11,15). The molecule has 1 amide bonds. The van der Waals surface area contributed by atoms with Crippen molar-refractivity contribution < 1.29 is 14.4 Å². The lowest BCUT2D eigenvalue weighted by Gasteiger charge is -2.05. The zero-order valence-corrected chi connectivity index (χ0v) is 10.9. The molecular formula is C9H15N5O3S. The van der Waals surface area contributed by atoms with Gasteiger partial charge in [0.05, 0.1) is 25.0 Å². The summed E-state index contributed by atoms with van der Waals surface area (Å²) < 4.78 is 6.55. The van der Waals surface area contributed by atoms with Gasteiger partial charge in [0.2, 0.25) is 5.16 Å². The van der Waals surface area contributed by atoms with Crippen molar-refractivity contribution in [2.24, 2.45) is 0 Å². The Morgan fingerprint density at radius 1 is 1.56 bits per heavy atom. The predicted octanol–water partition coefficient (Wildman–Crippen LogP) is -0.206. The highest BCUT2D eigenvalue weighted by Gasteiger charge is 2.28. The molecule has 1 heterocycles. The zero-order valence-electron chi connectivity index (χ0n) is 10.0. The van der Waals surface area contributed by atoms with E-state index in [1.807, 2.05) is 0 Å². The Morgan fingerprint density at radius 2 is 2.39 bits per heavy atom. The van der Waals surface area contributed by atoms with Gasteiger partial charge in [-0.05, 0) is 23.3 Å². The number of thioether (sulfide) groups is 1. The molecule has 100 valence electrons. The lowest BCUT2D eigenvalue weighted by Crippen LogP contribution is -2.27. The topological polar surface area (TPSA) is 91.2 Å². The summed E-state index contributed by atoms with van der Waals surface area (Å²) in [5.41, 5.74) is 2.33. The molecule has 9 heteroatoms. The van der Waals surface area contributed by atoms with Crippen molar-refractivity contribution in [3.8, 4) is 0 Å². The SMILES string of the molecule is COCCONC(=O)CSc1nnnn1C1CC1. The normalized spacial score (nSPS) is 14.7. The average molecular weight is 273 g/mol. The summed E-state index contributed by atoms with van der Waals surface area (Å²) in [5, 5.41) is 12.1. The van der Waals surface area contributed by atoms with E-state index in [0.29, 0.717) is 24.4 Å². The fraction of sp³-hybridized carbons (Fsp3) is 0.778. The van der Waals surface area contributed by atoms with Crippen LogP contribution in [0.15, 0.2) is 5.16 Å². The highest BCUT2D eigenvalue weighted by atomic mass is 32.2. The second-order valence-corrected chi connectivity index (χ2v) is 4.73. The van der Waals surface area contributed by atoms with Crippen LogP contribution in [0.25, 0.3) is 0 Å². The summed E-state index contributed by atoms with van der Waals surface area (Å²) in [6, 6.07) is 0.406. The van der Waals surface area contributed by atoms with Crippen molar-refractivity contribution in [1.29, 1.82) is 0 Å². The van der Waals surface area contributed by atoms with Gasteiger partial charge >= 0.3 is 0 Å². The number of carbonyl (C=O) groups excluding carboxylic acids is 1. The second-order valence-electron chi connectivity index (χ2n) is 3.79. The van der Waals surface area contributed by atoms with Crippen molar-refractivity contribution in [3.05, 3.63) is 0 Å². The molecule has 0 bridgehead atoms. The quantitative estimate of drug-likeness (QED) is 0.398. The average Bonchev–Trinajstić information content (AvgIpc) is 3.11. The van der Waals surface area contributed by atoms with Gasteiger partial charge in [0.25, 0.3) is 5.91 Å². The summed E-state index contributed by atoms with van der Waals surface area (Å²) in [7, 11) is 1.57. The number of hydrogen-bond acceptors (Lipinski definition) is 7. The number of methoxy groups -OCH3 is 1. The van der Waals surface area contributed by atoms with Crippen molar-refractivity contribution in [2.45, 2.75) is 24.0 Å². The van der Waals surface area contributed by atoms with E-state index in [1.54, 1.807) is 11.8 Å². The Morgan fingerprint density at radius 3 is 3.11 bits per heavy atom. The van der Waals surface area contributed by atoms with Crippen molar-refractivity contribution in [3.63, 3.8) is 0 Å². The van der Waals surface area contributed by atoms with Crippen molar-refractivity contribution in [1.82, 2.24) is 25.7 Å². The van der Waals surface area contributed by atoms with Crippen LogP contribution in [0.5, 0.6) is 0 Å². The molecule has 0 aliphatic heterocycles. The summed E-state index contributed by atoms with van der Waals surface area (Å²) in [6.07, 6.45) is 2.20. The second kappa shape index (κ2) is 6.66. The monoisotopic (exact) mass is 273 g/mol. The van der Waals surface area contributed by atoms with E-state index in [4.69, 9.17) is 9.57 Å². The Labute approximate surface area is 108 Å². The molecule has 1 aromatic rings. The highest BCUT2D eigenvalue weighted by Crippen LogP contribution is 2.36. The Balaban J connectivity index is 1.67. The number of amides is 1. The van der Waals surface area contributed by atoms with Gasteiger partial charge in [-0.15, -0.1) is 5.10 Å². The third-order valence-electron chi connectivity index (χ3n) is 2.26. The number of tetrazole rings is 1. The molecule has 1 aromatic heterocycles. The number of hydroxylamine groups is 1. The predicted molar refractivity (Wildman–Crippen MR) is 62.8 cm³/mol. The van der Waals surface area contributed by atoms with Crippen LogP contribution < -0.4 is 5.48 Å². The number of hydrogen-bond donors (Lipinski definition) is 1. The molecule has 1 N–H and O–H groups in total. The lowest BCUT2D eigenvalue weighted by molar-refractivity contribution is -0.131. The molecule has 0 radical (unpaired) electrons. The van der Waals surface area contributed by atoms with Gasteiger partial charge in [-0.25, -0.2) is 10.2 Å². The van der Waals surface area contributed by atoms with Gasteiger partial charge in [-0.2, -0.15) is 0 Å². The van der Waals surface area contributed by atoms with Crippen LogP contribution in [0.1, 0.15) is 18.9 Å². The number of rotatable bonds is 8. The van der Waals surface area contributed by atoms with Gasteiger partial charge < -0.3 is 4.74 Å². The fourth-order valence-electron chi connectivity index (χ4n) is 1.24. The van der Waals surface area contributed by atoms with Crippen molar-refractivity contribution in [2.75, 3.05) is 26.1 Å². The molecule has 1 fully saturated rings. The smallest absolute Gasteiger partial charge is 0.254 e. The zero-order chi connectivity index (χ0) is 12.8. The minimum atomic E-state index is -0.221. The molecule has 0 unspecified atom stereocenters. The van der Waals surface area contributed by atoms with Crippen LogP contribution in [-0.4, -0.2) is 52.2 Å². The van der Waals surface area contributed by atoms with Crippen LogP contribution in [0.4, 0.5) is 0 Å². The largest absolute Gasteiger partial charge is 0.382 e. The molecule has 2 rings (SSSR count). The van der Waals surface area contributed by atoms with Crippen LogP contribution >= 0.6 is 11.8 Å². The van der Waals surface area contributed by atoms with Crippen LogP contribution in [0.3, 0.4) is 0 Å². The minimum absolute atomic E-state index is 0.221. The first kappa shape index (κ1) is 13.2. The minimum Gasteiger partial charge on any atom is -0.382 e. The molecule has 0 atom stereocenters. The van der Waals surface area contributed by atoms with Crippen LogP contribution in [0, 0.1) is 0 Å². The molecule has 0 saturated heterocycles. The van der Waals surface area contributed by atoms with Crippen LogP contribution in [0.2, 0.25) is 0 Å². The maximum Gasteiger partial charge on any atom is 0.254 e. The lowest BCUT2D eigenvalue weighted by atomic mass is 10.7. The third kappa shape index (κ3) is 3.93. The van der Waals surface area contributed by atoms with E-state index in [2.05, 4.69) is 21.0 Å².